The van der Waals surface area contributed by atoms with Gasteiger partial charge >= 0.3 is 0 Å². The molecule has 1 heterocycles. The molecule has 0 saturated carbocycles. The van der Waals surface area contributed by atoms with Gasteiger partial charge in [-0.1, -0.05) is 26.7 Å². The zero-order valence-electron chi connectivity index (χ0n) is 17.2. The summed E-state index contributed by atoms with van der Waals surface area (Å²) in [5, 5.41) is 14.5. The van der Waals surface area contributed by atoms with Gasteiger partial charge in [-0.25, -0.2) is 4.39 Å². The minimum Gasteiger partial charge on any atom is -0.456 e. The summed E-state index contributed by atoms with van der Waals surface area (Å²) >= 11 is 0. The molecule has 0 amide bonds. The van der Waals surface area contributed by atoms with Crippen molar-refractivity contribution in [1.29, 1.82) is 0 Å². The number of fused-ring (bicyclic) bond motifs is 1. The normalized spacial score (nSPS) is 13.8. The Morgan fingerprint density at radius 1 is 1.14 bits per heavy atom. The van der Waals surface area contributed by atoms with Crippen LogP contribution in [0.1, 0.15) is 68.4 Å². The molecule has 0 saturated heterocycles. The van der Waals surface area contributed by atoms with Crippen molar-refractivity contribution in [3.8, 4) is 11.3 Å². The van der Waals surface area contributed by atoms with Gasteiger partial charge in [0.25, 0.3) is 0 Å². The highest BCUT2D eigenvalue weighted by Crippen LogP contribution is 2.40. The van der Waals surface area contributed by atoms with Crippen molar-refractivity contribution in [3.05, 3.63) is 58.9 Å². The average molecular weight is 384 g/mol. The van der Waals surface area contributed by atoms with E-state index in [1.165, 1.54) is 36.1 Å². The van der Waals surface area contributed by atoms with Crippen LogP contribution >= 0.6 is 0 Å². The predicted octanol–water partition coefficient (Wildman–Crippen LogP) is 6.44. The topological polar surface area (TPSA) is 45.4 Å². The molecule has 0 aliphatic heterocycles. The van der Waals surface area contributed by atoms with Crippen molar-refractivity contribution in [2.45, 2.75) is 58.6 Å². The first-order valence-corrected chi connectivity index (χ1v) is 10.2. The second kappa shape index (κ2) is 8.89. The predicted molar refractivity (Wildman–Crippen MR) is 113 cm³/mol. The van der Waals surface area contributed by atoms with E-state index in [2.05, 4.69) is 38.2 Å². The van der Waals surface area contributed by atoms with Crippen LogP contribution in [0.25, 0.3) is 22.3 Å². The van der Waals surface area contributed by atoms with Gasteiger partial charge in [0.2, 0.25) is 0 Å². The maximum absolute atomic E-state index is 13.4. The monoisotopic (exact) mass is 383 g/mol. The number of hydrogen-bond donors (Lipinski definition) is 2. The first-order valence-electron chi connectivity index (χ1n) is 10.2. The summed E-state index contributed by atoms with van der Waals surface area (Å²) in [5.41, 5.74) is 4.73. The van der Waals surface area contributed by atoms with Crippen LogP contribution in [0, 0.1) is 12.7 Å². The van der Waals surface area contributed by atoms with E-state index in [4.69, 9.17) is 4.42 Å². The summed E-state index contributed by atoms with van der Waals surface area (Å²) in [4.78, 5) is 0. The van der Waals surface area contributed by atoms with E-state index in [1.54, 1.807) is 19.2 Å². The number of hydrogen-bond acceptors (Lipinski definition) is 3. The van der Waals surface area contributed by atoms with E-state index < -0.39 is 6.23 Å². The lowest BCUT2D eigenvalue weighted by Crippen LogP contribution is -2.15. The molecule has 2 atom stereocenters. The Kier molecular flexibility index (Phi) is 6.53. The zero-order chi connectivity index (χ0) is 20.3. The molecule has 1 aromatic heterocycles. The summed E-state index contributed by atoms with van der Waals surface area (Å²) in [6.45, 7) is 6.57. The average Bonchev–Trinajstić information content (AvgIpc) is 3.06. The highest BCUT2D eigenvalue weighted by atomic mass is 19.1. The van der Waals surface area contributed by atoms with Crippen LogP contribution in [0.15, 0.2) is 40.8 Å². The molecule has 2 N–H and O–H groups in total. The molecule has 0 bridgehead atoms. The van der Waals surface area contributed by atoms with Gasteiger partial charge in [-0.2, -0.15) is 0 Å². The van der Waals surface area contributed by atoms with Crippen molar-refractivity contribution >= 4 is 11.0 Å². The number of aryl methyl sites for hydroxylation is 1. The number of rotatable bonds is 8. The smallest absolute Gasteiger partial charge is 0.142 e. The molecule has 0 aliphatic carbocycles. The Bertz CT molecular complexity index is 930. The molecule has 3 rings (SSSR count). The molecule has 1 unspecified atom stereocenters. The van der Waals surface area contributed by atoms with Crippen LogP contribution in [0.5, 0.6) is 0 Å². The van der Waals surface area contributed by atoms with Crippen LogP contribution in [0.4, 0.5) is 4.39 Å². The molecule has 150 valence electrons. The third-order valence-corrected chi connectivity index (χ3v) is 5.61. The fourth-order valence-electron chi connectivity index (χ4n) is 3.98. The third kappa shape index (κ3) is 3.98. The summed E-state index contributed by atoms with van der Waals surface area (Å²) in [6.07, 6.45) is 3.76. The minimum atomic E-state index is -0.868. The lowest BCUT2D eigenvalue weighted by Gasteiger charge is -2.18. The van der Waals surface area contributed by atoms with Gasteiger partial charge in [0.1, 0.15) is 23.4 Å². The molecule has 28 heavy (non-hydrogen) atoms. The molecule has 3 nitrogen and oxygen atoms in total. The van der Waals surface area contributed by atoms with Gasteiger partial charge in [-0.3, -0.25) is 5.32 Å². The molecule has 4 heteroatoms. The van der Waals surface area contributed by atoms with Gasteiger partial charge in [-0.15, -0.1) is 0 Å². The van der Waals surface area contributed by atoms with Gasteiger partial charge in [0.15, 0.2) is 0 Å². The number of aliphatic hydroxyl groups excluding tert-OH is 1. The molecule has 0 aliphatic rings. The molecule has 3 aromatic rings. The van der Waals surface area contributed by atoms with Crippen LogP contribution < -0.4 is 5.32 Å². The number of benzene rings is 2. The molecule has 2 aromatic carbocycles. The Morgan fingerprint density at radius 2 is 1.86 bits per heavy atom. The minimum absolute atomic E-state index is 0.296. The van der Waals surface area contributed by atoms with E-state index in [9.17, 15) is 9.50 Å². The summed E-state index contributed by atoms with van der Waals surface area (Å²) in [5.74, 6) is 0.776. The number of unbranched alkanes of at least 4 members (excludes halogenated alkanes) is 1. The Hall–Kier alpha value is -2.17. The van der Waals surface area contributed by atoms with Crippen molar-refractivity contribution in [1.82, 2.24) is 5.32 Å². The first-order chi connectivity index (χ1) is 13.5. The summed E-state index contributed by atoms with van der Waals surface area (Å²) < 4.78 is 19.5. The number of nitrogens with one attached hydrogen (secondary N) is 1. The van der Waals surface area contributed by atoms with Gasteiger partial charge in [-0.05, 0) is 80.3 Å². The van der Waals surface area contributed by atoms with Crippen LogP contribution in [0.2, 0.25) is 0 Å². The van der Waals surface area contributed by atoms with Gasteiger partial charge in [0, 0.05) is 16.5 Å². The second-order valence-electron chi connectivity index (χ2n) is 7.50. The maximum atomic E-state index is 13.4. The zero-order valence-corrected chi connectivity index (χ0v) is 17.2. The van der Waals surface area contributed by atoms with Crippen molar-refractivity contribution in [3.63, 3.8) is 0 Å². The number of aliphatic hydroxyl groups is 1. The van der Waals surface area contributed by atoms with Crippen LogP contribution in [0.3, 0.4) is 0 Å². The van der Waals surface area contributed by atoms with E-state index in [1.807, 2.05) is 0 Å². The molecule has 0 radical (unpaired) electrons. The van der Waals surface area contributed by atoms with Gasteiger partial charge in [0.05, 0.1) is 0 Å². The summed E-state index contributed by atoms with van der Waals surface area (Å²) in [7, 11) is 1.71. The SMILES string of the molecule is CCCC[C@H](CC)c1cc2c(C(O)NC)c(-c3ccc(F)cc3)oc2cc1C. The number of halogens is 1. The fourth-order valence-corrected chi connectivity index (χ4v) is 3.98. The van der Waals surface area contributed by atoms with E-state index >= 15 is 0 Å². The van der Waals surface area contributed by atoms with E-state index in [0.717, 1.165) is 29.4 Å². The highest BCUT2D eigenvalue weighted by Gasteiger charge is 2.23. The largest absolute Gasteiger partial charge is 0.456 e. The standard InChI is InChI=1S/C24H30FNO2/c1-5-7-8-16(6-2)19-14-20-21(13-15(19)3)28-23(22(20)24(27)26-4)17-9-11-18(25)12-10-17/h9-14,16,24,26-27H,5-8H2,1-4H3/t16-,24?/m0/s1. The van der Waals surface area contributed by atoms with E-state index in [0.29, 0.717) is 17.2 Å². The molecule has 0 fully saturated rings. The molecule has 0 spiro atoms. The first kappa shape index (κ1) is 20.6. The number of furan rings is 1. The lowest BCUT2D eigenvalue weighted by atomic mass is 9.87. The fraction of sp³-hybridized carbons (Fsp3) is 0.417. The lowest BCUT2D eigenvalue weighted by molar-refractivity contribution is 0.150. The van der Waals surface area contributed by atoms with E-state index in [-0.39, 0.29) is 5.82 Å². The van der Waals surface area contributed by atoms with Crippen molar-refractivity contribution in [2.24, 2.45) is 0 Å². The molecular formula is C24H30FNO2. The second-order valence-corrected chi connectivity index (χ2v) is 7.50. The Labute approximate surface area is 166 Å². The van der Waals surface area contributed by atoms with Crippen molar-refractivity contribution < 1.29 is 13.9 Å². The Balaban J connectivity index is 2.19. The summed E-state index contributed by atoms with van der Waals surface area (Å²) in [6, 6.07) is 10.4. The van der Waals surface area contributed by atoms with Crippen LogP contribution in [-0.4, -0.2) is 12.2 Å². The third-order valence-electron chi connectivity index (χ3n) is 5.61. The van der Waals surface area contributed by atoms with Crippen molar-refractivity contribution in [2.75, 3.05) is 7.05 Å². The molecular weight excluding hydrogens is 353 g/mol. The van der Waals surface area contributed by atoms with Crippen LogP contribution in [-0.2, 0) is 0 Å². The van der Waals surface area contributed by atoms with Gasteiger partial charge < -0.3 is 9.52 Å². The Morgan fingerprint density at radius 3 is 2.46 bits per heavy atom. The quantitative estimate of drug-likeness (QED) is 0.440. The maximum Gasteiger partial charge on any atom is 0.142 e. The highest BCUT2D eigenvalue weighted by molar-refractivity contribution is 5.89.